The molecule has 1 aliphatic heterocycles. The highest BCUT2D eigenvalue weighted by molar-refractivity contribution is 5.83. The van der Waals surface area contributed by atoms with Crippen LogP contribution >= 0.6 is 0 Å². The number of alkyl halides is 1. The molecule has 1 aromatic carbocycles. The third-order valence-electron chi connectivity index (χ3n) is 7.31. The Kier molecular flexibility index (Phi) is 8.33. The standard InChI is InChI=1S/C27H35FN4O3/c1-31-16-13-30-26(31)5-3-4-14-32-15-11-19(23(18-32)27(33)34)6-8-24(28)21-10-12-29-25-9-7-20(35-2)17-22(21)25/h7,9-10,12-13,16-17,19,23-24H,3-6,8,11,14-15,18H2,1-2H3,(H,33,34)/t19-,23+,24?/m1/s1. The van der Waals surface area contributed by atoms with E-state index in [4.69, 9.17) is 4.74 Å². The molecule has 0 aliphatic carbocycles. The Bertz CT molecular complexity index is 1130. The zero-order valence-corrected chi connectivity index (χ0v) is 20.6. The topological polar surface area (TPSA) is 80.5 Å². The first-order valence-electron chi connectivity index (χ1n) is 12.4. The number of carboxylic acids is 1. The molecular formula is C27H35FN4O3. The number of nitrogens with zero attached hydrogens (tertiary/aromatic N) is 4. The highest BCUT2D eigenvalue weighted by Gasteiger charge is 2.34. The first-order valence-corrected chi connectivity index (χ1v) is 12.4. The van der Waals surface area contributed by atoms with Crippen LogP contribution in [0.25, 0.3) is 10.9 Å². The lowest BCUT2D eigenvalue weighted by molar-refractivity contribution is -0.146. The first-order chi connectivity index (χ1) is 17.0. The van der Waals surface area contributed by atoms with E-state index >= 15 is 4.39 Å². The minimum atomic E-state index is -1.17. The van der Waals surface area contributed by atoms with E-state index in [1.807, 2.05) is 42.2 Å². The number of aliphatic carboxylic acids is 1. The lowest BCUT2D eigenvalue weighted by atomic mass is 9.81. The van der Waals surface area contributed by atoms with E-state index in [9.17, 15) is 9.90 Å². The Morgan fingerprint density at radius 2 is 2.11 bits per heavy atom. The SMILES string of the molecule is COc1ccc2nccc(C(F)CC[C@@H]3CCN(CCCCc4nccn4C)C[C@@H]3C(=O)O)c2c1. The number of benzene rings is 1. The minimum absolute atomic E-state index is 0.0165. The summed E-state index contributed by atoms with van der Waals surface area (Å²) in [5.41, 5.74) is 1.32. The van der Waals surface area contributed by atoms with Gasteiger partial charge in [0, 0.05) is 44.0 Å². The van der Waals surface area contributed by atoms with Gasteiger partial charge in [0.25, 0.3) is 0 Å². The Labute approximate surface area is 205 Å². The van der Waals surface area contributed by atoms with Gasteiger partial charge in [-0.1, -0.05) is 0 Å². The summed E-state index contributed by atoms with van der Waals surface area (Å²) < 4.78 is 22.7. The number of rotatable bonds is 11. The number of ether oxygens (including phenoxy) is 1. The normalized spacial score (nSPS) is 19.6. The van der Waals surface area contributed by atoms with Gasteiger partial charge in [0.05, 0.1) is 18.5 Å². The van der Waals surface area contributed by atoms with Gasteiger partial charge >= 0.3 is 5.97 Å². The molecule has 3 atom stereocenters. The molecule has 1 aliphatic rings. The monoisotopic (exact) mass is 482 g/mol. The van der Waals surface area contributed by atoms with Crippen molar-refractivity contribution in [1.29, 1.82) is 0 Å². The van der Waals surface area contributed by atoms with E-state index in [2.05, 4.69) is 14.9 Å². The molecule has 1 saturated heterocycles. The quantitative estimate of drug-likeness (QED) is 0.395. The van der Waals surface area contributed by atoms with Crippen LogP contribution in [0.4, 0.5) is 4.39 Å². The molecule has 2 aromatic heterocycles. The summed E-state index contributed by atoms with van der Waals surface area (Å²) >= 11 is 0. The Hall–Kier alpha value is -3.00. The van der Waals surface area contributed by atoms with Crippen molar-refractivity contribution in [3.05, 3.63) is 54.2 Å². The van der Waals surface area contributed by atoms with Crippen molar-refractivity contribution in [2.45, 2.75) is 44.7 Å². The molecule has 0 saturated carbocycles. The number of halogens is 1. The van der Waals surface area contributed by atoms with Crippen LogP contribution in [0, 0.1) is 11.8 Å². The van der Waals surface area contributed by atoms with Crippen molar-refractivity contribution in [1.82, 2.24) is 19.4 Å². The average Bonchev–Trinajstić information content (AvgIpc) is 3.29. The summed E-state index contributed by atoms with van der Waals surface area (Å²) in [6, 6.07) is 7.18. The number of imidazole rings is 1. The van der Waals surface area contributed by atoms with Crippen molar-refractivity contribution in [2.24, 2.45) is 18.9 Å². The number of piperidine rings is 1. The average molecular weight is 483 g/mol. The number of carbonyl (C=O) groups is 1. The highest BCUT2D eigenvalue weighted by Crippen LogP contribution is 2.35. The van der Waals surface area contributed by atoms with Crippen molar-refractivity contribution in [2.75, 3.05) is 26.7 Å². The molecule has 1 fully saturated rings. The van der Waals surface area contributed by atoms with Gasteiger partial charge in [-0.25, -0.2) is 9.37 Å². The summed E-state index contributed by atoms with van der Waals surface area (Å²) in [4.78, 5) is 23.0. The molecule has 0 amide bonds. The number of unbranched alkanes of at least 4 members (excludes halogenated alkanes) is 1. The van der Waals surface area contributed by atoms with Crippen LogP contribution < -0.4 is 4.74 Å². The van der Waals surface area contributed by atoms with Gasteiger partial charge in [-0.3, -0.25) is 9.78 Å². The molecule has 0 radical (unpaired) electrons. The van der Waals surface area contributed by atoms with E-state index in [0.29, 0.717) is 30.7 Å². The molecule has 4 rings (SSSR count). The van der Waals surface area contributed by atoms with Crippen LogP contribution in [0.5, 0.6) is 5.75 Å². The van der Waals surface area contributed by atoms with Crippen molar-refractivity contribution >= 4 is 16.9 Å². The fraction of sp³-hybridized carbons (Fsp3) is 0.519. The molecule has 0 spiro atoms. The van der Waals surface area contributed by atoms with Crippen molar-refractivity contribution < 1.29 is 19.0 Å². The summed E-state index contributed by atoms with van der Waals surface area (Å²) in [6.45, 7) is 2.29. The maximum atomic E-state index is 15.4. The Morgan fingerprint density at radius 3 is 2.86 bits per heavy atom. The highest BCUT2D eigenvalue weighted by atomic mass is 19.1. The third kappa shape index (κ3) is 6.17. The lowest BCUT2D eigenvalue weighted by Gasteiger charge is -2.37. The molecule has 7 nitrogen and oxygen atoms in total. The molecule has 1 N–H and O–H groups in total. The predicted octanol–water partition coefficient (Wildman–Crippen LogP) is 4.81. The number of hydrogen-bond donors (Lipinski definition) is 1. The molecule has 3 aromatic rings. The molecule has 35 heavy (non-hydrogen) atoms. The summed E-state index contributed by atoms with van der Waals surface area (Å²) in [5.74, 6) is 0.490. The summed E-state index contributed by atoms with van der Waals surface area (Å²) in [6.07, 6.45) is 8.82. The fourth-order valence-electron chi connectivity index (χ4n) is 5.21. The van der Waals surface area contributed by atoms with Gasteiger partial charge in [-0.05, 0) is 80.9 Å². The van der Waals surface area contributed by atoms with Crippen LogP contribution in [0.3, 0.4) is 0 Å². The number of aromatic nitrogens is 3. The van der Waals surface area contributed by atoms with Crippen molar-refractivity contribution in [3.8, 4) is 5.75 Å². The number of methoxy groups -OCH3 is 1. The second-order valence-corrected chi connectivity index (χ2v) is 9.53. The Balaban J connectivity index is 1.30. The zero-order chi connectivity index (χ0) is 24.8. The van der Waals surface area contributed by atoms with Crippen molar-refractivity contribution in [3.63, 3.8) is 0 Å². The van der Waals surface area contributed by atoms with Crippen LogP contribution in [0.2, 0.25) is 0 Å². The van der Waals surface area contributed by atoms with Gasteiger partial charge in [-0.2, -0.15) is 0 Å². The van der Waals surface area contributed by atoms with Gasteiger partial charge in [0.15, 0.2) is 0 Å². The number of aryl methyl sites for hydroxylation is 2. The number of pyridine rings is 1. The third-order valence-corrected chi connectivity index (χ3v) is 7.31. The molecule has 0 bridgehead atoms. The molecular weight excluding hydrogens is 447 g/mol. The maximum Gasteiger partial charge on any atom is 0.308 e. The number of likely N-dealkylation sites (tertiary alicyclic amines) is 1. The van der Waals surface area contributed by atoms with Gasteiger partial charge in [0.1, 0.15) is 17.7 Å². The molecule has 1 unspecified atom stereocenters. The smallest absolute Gasteiger partial charge is 0.308 e. The summed E-state index contributed by atoms with van der Waals surface area (Å²) in [5, 5.41) is 10.6. The van der Waals surface area contributed by atoms with E-state index in [1.54, 1.807) is 19.4 Å². The van der Waals surface area contributed by atoms with Crippen LogP contribution in [0.1, 0.15) is 49.7 Å². The van der Waals surface area contributed by atoms with E-state index in [0.717, 1.165) is 55.5 Å². The maximum absolute atomic E-state index is 15.4. The lowest BCUT2D eigenvalue weighted by Crippen LogP contribution is -2.44. The molecule has 188 valence electrons. The van der Waals surface area contributed by atoms with Gasteiger partial charge in [0.2, 0.25) is 0 Å². The minimum Gasteiger partial charge on any atom is -0.497 e. The number of hydrogen-bond acceptors (Lipinski definition) is 5. The van der Waals surface area contributed by atoms with Crippen LogP contribution in [0.15, 0.2) is 42.9 Å². The Morgan fingerprint density at radius 1 is 1.26 bits per heavy atom. The van der Waals surface area contributed by atoms with Crippen LogP contribution in [-0.4, -0.2) is 57.3 Å². The fourth-order valence-corrected chi connectivity index (χ4v) is 5.21. The van der Waals surface area contributed by atoms with E-state index in [1.165, 1.54) is 0 Å². The number of carboxylic acid groups (broad SMARTS) is 1. The van der Waals surface area contributed by atoms with Gasteiger partial charge < -0.3 is 19.3 Å². The predicted molar refractivity (Wildman–Crippen MR) is 133 cm³/mol. The van der Waals surface area contributed by atoms with E-state index in [-0.39, 0.29) is 5.92 Å². The van der Waals surface area contributed by atoms with E-state index < -0.39 is 18.1 Å². The molecule has 3 heterocycles. The van der Waals surface area contributed by atoms with Crippen LogP contribution in [-0.2, 0) is 18.3 Å². The largest absolute Gasteiger partial charge is 0.497 e. The first kappa shape index (κ1) is 25.1. The summed E-state index contributed by atoms with van der Waals surface area (Å²) in [7, 11) is 3.59. The second kappa shape index (κ2) is 11.6. The number of fused-ring (bicyclic) bond motifs is 1. The molecule has 8 heteroatoms. The van der Waals surface area contributed by atoms with Gasteiger partial charge in [-0.15, -0.1) is 0 Å². The zero-order valence-electron chi connectivity index (χ0n) is 20.6. The second-order valence-electron chi connectivity index (χ2n) is 9.53.